The van der Waals surface area contributed by atoms with Gasteiger partial charge in [0.15, 0.2) is 5.82 Å². The number of fused-ring (bicyclic) bond motifs is 1. The summed E-state index contributed by atoms with van der Waals surface area (Å²) in [6.07, 6.45) is 3.76. The lowest BCUT2D eigenvalue weighted by molar-refractivity contribution is 0.849. The first kappa shape index (κ1) is 11.9. The second kappa shape index (κ2) is 4.85. The molecule has 90 valence electrons. The molecule has 0 unspecified atom stereocenters. The molecule has 0 radical (unpaired) electrons. The van der Waals surface area contributed by atoms with Crippen LogP contribution in [0.2, 0.25) is 0 Å². The van der Waals surface area contributed by atoms with Crippen molar-refractivity contribution in [3.63, 3.8) is 0 Å². The van der Waals surface area contributed by atoms with E-state index >= 15 is 0 Å². The first-order valence-corrected chi connectivity index (χ1v) is 7.04. The van der Waals surface area contributed by atoms with E-state index in [4.69, 9.17) is 11.6 Å². The predicted molar refractivity (Wildman–Crippen MR) is 81.1 cm³/mol. The molecule has 3 aromatic rings. The van der Waals surface area contributed by atoms with E-state index in [1.807, 2.05) is 36.7 Å². The van der Waals surface area contributed by atoms with E-state index in [0.717, 1.165) is 25.9 Å². The predicted octanol–water partition coefficient (Wildman–Crippen LogP) is 3.76. The van der Waals surface area contributed by atoms with Gasteiger partial charge in [0.1, 0.15) is 0 Å². The summed E-state index contributed by atoms with van der Waals surface area (Å²) >= 11 is 8.13. The van der Waals surface area contributed by atoms with Crippen LogP contribution in [0.3, 0.4) is 0 Å². The van der Waals surface area contributed by atoms with Crippen LogP contribution in [0.4, 0.5) is 0 Å². The van der Waals surface area contributed by atoms with Gasteiger partial charge in [0, 0.05) is 11.6 Å². The molecule has 0 fully saturated rings. The Hall–Kier alpha value is -1.14. The van der Waals surface area contributed by atoms with E-state index in [1.165, 1.54) is 0 Å². The van der Waals surface area contributed by atoms with Crippen LogP contribution in [0.15, 0.2) is 42.7 Å². The second-order valence-corrected chi connectivity index (χ2v) is 5.41. The zero-order valence-electron chi connectivity index (χ0n) is 9.35. The quantitative estimate of drug-likeness (QED) is 0.509. The number of halogens is 2. The average Bonchev–Trinajstić information content (AvgIpc) is 2.84. The van der Waals surface area contributed by atoms with E-state index in [9.17, 15) is 0 Å². The summed E-state index contributed by atoms with van der Waals surface area (Å²) < 4.78 is 2.87. The molecule has 0 aliphatic rings. The lowest BCUT2D eigenvalue weighted by atomic mass is 10.1. The normalized spacial score (nSPS) is 11.0. The fourth-order valence-electron chi connectivity index (χ4n) is 1.89. The number of aromatic nitrogens is 3. The molecule has 0 aliphatic carbocycles. The summed E-state index contributed by atoms with van der Waals surface area (Å²) in [5.74, 6) is 1.22. The Morgan fingerprint density at radius 1 is 1.28 bits per heavy atom. The van der Waals surface area contributed by atoms with Crippen LogP contribution < -0.4 is 0 Å². The largest absolute Gasteiger partial charge is 0.232 e. The molecule has 0 atom stereocenters. The van der Waals surface area contributed by atoms with Gasteiger partial charge in [0.2, 0.25) is 0 Å². The minimum absolute atomic E-state index is 0.399. The van der Waals surface area contributed by atoms with Crippen molar-refractivity contribution in [3.05, 3.63) is 52.0 Å². The molecular formula is C13H9ClIN3. The summed E-state index contributed by atoms with van der Waals surface area (Å²) in [7, 11) is 0. The molecule has 0 amide bonds. The molecule has 0 saturated heterocycles. The van der Waals surface area contributed by atoms with Gasteiger partial charge >= 0.3 is 0 Å². The highest BCUT2D eigenvalue weighted by molar-refractivity contribution is 14.1. The summed E-state index contributed by atoms with van der Waals surface area (Å²) in [6, 6.07) is 10.1. The molecule has 5 heteroatoms. The van der Waals surface area contributed by atoms with Crippen LogP contribution in [0.1, 0.15) is 5.69 Å². The van der Waals surface area contributed by atoms with Crippen molar-refractivity contribution in [2.75, 3.05) is 0 Å². The van der Waals surface area contributed by atoms with Crippen molar-refractivity contribution in [3.8, 4) is 5.82 Å². The van der Waals surface area contributed by atoms with E-state index in [2.05, 4.69) is 38.7 Å². The molecule has 0 bridgehead atoms. The monoisotopic (exact) mass is 369 g/mol. The zero-order valence-corrected chi connectivity index (χ0v) is 12.3. The number of benzene rings is 1. The molecule has 0 saturated carbocycles. The number of hydrogen-bond donors (Lipinski definition) is 0. The molecule has 3 nitrogen and oxygen atoms in total. The summed E-state index contributed by atoms with van der Waals surface area (Å²) in [5.41, 5.74) is 0.857. The highest BCUT2D eigenvalue weighted by Crippen LogP contribution is 2.22. The molecule has 1 aromatic carbocycles. The van der Waals surface area contributed by atoms with Crippen LogP contribution >= 0.6 is 34.2 Å². The maximum Gasteiger partial charge on any atom is 0.161 e. The first-order chi connectivity index (χ1) is 8.78. The standard InChI is InChI=1S/C13H9ClIN3/c14-6-11-5-9-3-1-2-4-12(9)13(17-11)18-8-10(15)7-16-18/h1-5,7-8H,6H2. The highest BCUT2D eigenvalue weighted by Gasteiger charge is 2.08. The van der Waals surface area contributed by atoms with Gasteiger partial charge < -0.3 is 0 Å². The Morgan fingerprint density at radius 3 is 2.83 bits per heavy atom. The number of nitrogens with zero attached hydrogens (tertiary/aromatic N) is 3. The van der Waals surface area contributed by atoms with Gasteiger partial charge in [0.05, 0.1) is 21.3 Å². The number of hydrogen-bond acceptors (Lipinski definition) is 2. The van der Waals surface area contributed by atoms with Crippen LogP contribution in [0, 0.1) is 3.57 Å². The minimum Gasteiger partial charge on any atom is -0.232 e. The molecule has 0 N–H and O–H groups in total. The maximum absolute atomic E-state index is 5.90. The van der Waals surface area contributed by atoms with Gasteiger partial charge in [-0.15, -0.1) is 11.6 Å². The summed E-state index contributed by atoms with van der Waals surface area (Å²) in [4.78, 5) is 4.57. The summed E-state index contributed by atoms with van der Waals surface area (Å²) in [6.45, 7) is 0. The van der Waals surface area contributed by atoms with Crippen LogP contribution in [0.5, 0.6) is 0 Å². The lowest BCUT2D eigenvalue weighted by Crippen LogP contribution is -2.01. The van der Waals surface area contributed by atoms with Crippen LogP contribution in [-0.2, 0) is 5.88 Å². The Labute approximate surface area is 123 Å². The third-order valence-electron chi connectivity index (χ3n) is 2.68. The topological polar surface area (TPSA) is 30.7 Å². The van der Waals surface area contributed by atoms with E-state index in [1.54, 1.807) is 4.68 Å². The third-order valence-corrected chi connectivity index (χ3v) is 3.51. The Balaban J connectivity index is 2.32. The Kier molecular flexibility index (Phi) is 3.22. The SMILES string of the molecule is ClCc1cc2ccccc2c(-n2cc(I)cn2)n1. The highest BCUT2D eigenvalue weighted by atomic mass is 127. The smallest absolute Gasteiger partial charge is 0.161 e. The second-order valence-electron chi connectivity index (χ2n) is 3.90. The van der Waals surface area contributed by atoms with Gasteiger partial charge in [-0.05, 0) is 34.0 Å². The minimum atomic E-state index is 0.399. The fraction of sp³-hybridized carbons (Fsp3) is 0.0769. The van der Waals surface area contributed by atoms with Gasteiger partial charge in [-0.3, -0.25) is 0 Å². The fourth-order valence-corrected chi connectivity index (χ4v) is 2.42. The first-order valence-electron chi connectivity index (χ1n) is 5.43. The van der Waals surface area contributed by atoms with Crippen molar-refractivity contribution < 1.29 is 0 Å². The van der Waals surface area contributed by atoms with Crippen molar-refractivity contribution in [2.45, 2.75) is 5.88 Å². The van der Waals surface area contributed by atoms with Gasteiger partial charge in [-0.25, -0.2) is 9.67 Å². The van der Waals surface area contributed by atoms with Crippen molar-refractivity contribution >= 4 is 45.0 Å². The molecule has 2 aromatic heterocycles. The Bertz CT molecular complexity index is 708. The van der Waals surface area contributed by atoms with E-state index in [0.29, 0.717) is 5.88 Å². The number of alkyl halides is 1. The third kappa shape index (κ3) is 2.10. The summed E-state index contributed by atoms with van der Waals surface area (Å²) in [5, 5.41) is 6.52. The van der Waals surface area contributed by atoms with Gasteiger partial charge in [-0.2, -0.15) is 5.10 Å². The molecule has 3 rings (SSSR count). The van der Waals surface area contributed by atoms with Crippen molar-refractivity contribution in [1.29, 1.82) is 0 Å². The number of pyridine rings is 1. The number of rotatable bonds is 2. The average molecular weight is 370 g/mol. The van der Waals surface area contributed by atoms with Gasteiger partial charge in [0.25, 0.3) is 0 Å². The molecule has 2 heterocycles. The molecular weight excluding hydrogens is 361 g/mol. The van der Waals surface area contributed by atoms with Crippen molar-refractivity contribution in [1.82, 2.24) is 14.8 Å². The Morgan fingerprint density at radius 2 is 2.11 bits per heavy atom. The zero-order chi connectivity index (χ0) is 12.5. The molecule has 0 spiro atoms. The van der Waals surface area contributed by atoms with E-state index < -0.39 is 0 Å². The van der Waals surface area contributed by atoms with Gasteiger partial charge in [-0.1, -0.05) is 24.3 Å². The van der Waals surface area contributed by atoms with Crippen molar-refractivity contribution in [2.24, 2.45) is 0 Å². The molecule has 18 heavy (non-hydrogen) atoms. The van der Waals surface area contributed by atoms with Crippen LogP contribution in [-0.4, -0.2) is 14.8 Å². The van der Waals surface area contributed by atoms with Crippen LogP contribution in [0.25, 0.3) is 16.6 Å². The van der Waals surface area contributed by atoms with E-state index in [-0.39, 0.29) is 0 Å². The molecule has 0 aliphatic heterocycles. The maximum atomic E-state index is 5.90. The lowest BCUT2D eigenvalue weighted by Gasteiger charge is -2.07.